The summed E-state index contributed by atoms with van der Waals surface area (Å²) in [4.78, 5) is 16.2. The number of aromatic nitrogens is 1. The second kappa shape index (κ2) is 5.26. The van der Waals surface area contributed by atoms with Crippen molar-refractivity contribution in [3.8, 4) is 5.75 Å². The lowest BCUT2D eigenvalue weighted by molar-refractivity contribution is 0.0994. The number of hydrogen-bond acceptors (Lipinski definition) is 3. The molecule has 0 saturated heterocycles. The topological polar surface area (TPSA) is 39.2 Å². The van der Waals surface area contributed by atoms with Gasteiger partial charge in [0.15, 0.2) is 5.78 Å². The first-order valence-corrected chi connectivity index (χ1v) is 7.43. The summed E-state index contributed by atoms with van der Waals surface area (Å²) in [6.07, 6.45) is 3.16. The molecule has 0 unspecified atom stereocenters. The number of rotatable bonds is 3. The molecular weight excluding hydrogens is 274 g/mol. The van der Waals surface area contributed by atoms with Crippen LogP contribution in [0, 0.1) is 0 Å². The summed E-state index contributed by atoms with van der Waals surface area (Å²) in [5.41, 5.74) is 3.88. The first-order valence-electron chi connectivity index (χ1n) is 7.43. The fourth-order valence-corrected chi connectivity index (χ4v) is 3.03. The zero-order valence-electron chi connectivity index (χ0n) is 12.1. The summed E-state index contributed by atoms with van der Waals surface area (Å²) < 4.78 is 6.00. The molecule has 0 fully saturated rings. The Hall–Kier alpha value is -2.68. The van der Waals surface area contributed by atoms with Gasteiger partial charge in [-0.2, -0.15) is 0 Å². The van der Waals surface area contributed by atoms with E-state index in [2.05, 4.69) is 4.98 Å². The molecule has 0 atom stereocenters. The van der Waals surface area contributed by atoms with Crippen molar-refractivity contribution in [1.29, 1.82) is 0 Å². The Kier molecular flexibility index (Phi) is 3.11. The molecule has 1 heterocycles. The van der Waals surface area contributed by atoms with Crippen molar-refractivity contribution < 1.29 is 9.53 Å². The molecule has 0 saturated carbocycles. The van der Waals surface area contributed by atoms with E-state index in [1.54, 1.807) is 6.20 Å². The third kappa shape index (κ3) is 2.15. The normalized spacial score (nSPS) is 13.4. The van der Waals surface area contributed by atoms with E-state index in [1.807, 2.05) is 48.5 Å². The van der Waals surface area contributed by atoms with Gasteiger partial charge in [0, 0.05) is 34.7 Å². The summed E-state index contributed by atoms with van der Waals surface area (Å²) in [7, 11) is 0. The van der Waals surface area contributed by atoms with Crippen LogP contribution in [0.3, 0.4) is 0 Å². The molecule has 22 heavy (non-hydrogen) atoms. The number of ether oxygens (including phenoxy) is 1. The van der Waals surface area contributed by atoms with E-state index in [1.165, 1.54) is 0 Å². The molecule has 1 aromatic heterocycles. The molecule has 0 amide bonds. The van der Waals surface area contributed by atoms with Gasteiger partial charge in [-0.05, 0) is 18.6 Å². The molecule has 3 nitrogen and oxygen atoms in total. The van der Waals surface area contributed by atoms with E-state index in [4.69, 9.17) is 4.74 Å². The van der Waals surface area contributed by atoms with Crippen LogP contribution in [0.1, 0.15) is 27.9 Å². The van der Waals surface area contributed by atoms with Gasteiger partial charge in [0.25, 0.3) is 0 Å². The molecule has 3 heteroatoms. The number of fused-ring (bicyclic) bond motifs is 2. The lowest BCUT2D eigenvalue weighted by atomic mass is 10.1. The number of hydrogen-bond donors (Lipinski definition) is 0. The predicted molar refractivity (Wildman–Crippen MR) is 85.2 cm³/mol. The van der Waals surface area contributed by atoms with Crippen LogP contribution in [0.15, 0.2) is 54.7 Å². The minimum absolute atomic E-state index is 0.215. The van der Waals surface area contributed by atoms with Crippen LogP contribution in [-0.4, -0.2) is 10.8 Å². The molecule has 0 bridgehead atoms. The quantitative estimate of drug-likeness (QED) is 0.733. The third-order valence-corrected chi connectivity index (χ3v) is 4.13. The Morgan fingerprint density at radius 1 is 1.00 bits per heavy atom. The van der Waals surface area contributed by atoms with E-state index in [0.29, 0.717) is 13.0 Å². The van der Waals surface area contributed by atoms with E-state index in [-0.39, 0.29) is 5.78 Å². The molecule has 1 aliphatic rings. The highest BCUT2D eigenvalue weighted by molar-refractivity contribution is 6.01. The van der Waals surface area contributed by atoms with Crippen molar-refractivity contribution in [2.45, 2.75) is 19.4 Å². The number of benzene rings is 2. The van der Waals surface area contributed by atoms with Gasteiger partial charge in [0.1, 0.15) is 12.4 Å². The van der Waals surface area contributed by atoms with E-state index < -0.39 is 0 Å². The second-order valence-corrected chi connectivity index (χ2v) is 5.49. The summed E-state index contributed by atoms with van der Waals surface area (Å²) in [5, 5.41) is 1.11. The highest BCUT2D eigenvalue weighted by Gasteiger charge is 2.22. The SMILES string of the molecule is O=C1CCc2c(OCc3cccc4cccnc34)cccc21. The van der Waals surface area contributed by atoms with Crippen molar-refractivity contribution >= 4 is 16.7 Å². The summed E-state index contributed by atoms with van der Waals surface area (Å²) >= 11 is 0. The molecule has 0 spiro atoms. The molecule has 2 aromatic carbocycles. The van der Waals surface area contributed by atoms with Gasteiger partial charge < -0.3 is 4.74 Å². The Balaban J connectivity index is 1.65. The number of carbonyl (C=O) groups excluding carboxylic acids is 1. The third-order valence-electron chi connectivity index (χ3n) is 4.13. The van der Waals surface area contributed by atoms with Gasteiger partial charge in [0.2, 0.25) is 0 Å². The molecule has 0 aliphatic heterocycles. The molecule has 108 valence electrons. The Morgan fingerprint density at radius 3 is 2.82 bits per heavy atom. The number of Topliss-reactive ketones (excluding diaryl/α,β-unsaturated/α-hetero) is 1. The predicted octanol–water partition coefficient (Wildman–Crippen LogP) is 3.94. The molecule has 4 rings (SSSR count). The van der Waals surface area contributed by atoms with Crippen LogP contribution in [-0.2, 0) is 13.0 Å². The number of nitrogens with zero attached hydrogens (tertiary/aromatic N) is 1. The fourth-order valence-electron chi connectivity index (χ4n) is 3.03. The highest BCUT2D eigenvalue weighted by Crippen LogP contribution is 2.31. The number of pyridine rings is 1. The molecule has 1 aliphatic carbocycles. The monoisotopic (exact) mass is 289 g/mol. The number of carbonyl (C=O) groups is 1. The maximum absolute atomic E-state index is 11.8. The van der Waals surface area contributed by atoms with Crippen LogP contribution < -0.4 is 4.74 Å². The van der Waals surface area contributed by atoms with Gasteiger partial charge in [-0.25, -0.2) is 0 Å². The second-order valence-electron chi connectivity index (χ2n) is 5.49. The Labute approximate surface area is 128 Å². The van der Waals surface area contributed by atoms with Crippen LogP contribution >= 0.6 is 0 Å². The molecule has 3 aromatic rings. The summed E-state index contributed by atoms with van der Waals surface area (Å²) in [6, 6.07) is 15.8. The van der Waals surface area contributed by atoms with E-state index in [9.17, 15) is 4.79 Å². The zero-order chi connectivity index (χ0) is 14.9. The first-order chi connectivity index (χ1) is 10.8. The van der Waals surface area contributed by atoms with Gasteiger partial charge in [-0.3, -0.25) is 9.78 Å². The number of para-hydroxylation sites is 1. The molecule has 0 radical (unpaired) electrons. The minimum atomic E-state index is 0.215. The lowest BCUT2D eigenvalue weighted by Crippen LogP contribution is -2.00. The number of ketones is 1. The zero-order valence-corrected chi connectivity index (χ0v) is 12.1. The standard InChI is InChI=1S/C19H15NO2/c21-17-10-9-16-15(17)7-2-8-18(16)22-12-14-5-1-4-13-6-3-11-20-19(13)14/h1-8,11H,9-10,12H2. The van der Waals surface area contributed by atoms with E-state index in [0.717, 1.165) is 39.8 Å². The van der Waals surface area contributed by atoms with Crippen molar-refractivity contribution in [3.05, 3.63) is 71.4 Å². The fraction of sp³-hybridized carbons (Fsp3) is 0.158. The van der Waals surface area contributed by atoms with Crippen molar-refractivity contribution in [3.63, 3.8) is 0 Å². The molecule has 0 N–H and O–H groups in total. The molecular formula is C19H15NO2. The van der Waals surface area contributed by atoms with Crippen LogP contribution in [0.25, 0.3) is 10.9 Å². The van der Waals surface area contributed by atoms with Gasteiger partial charge >= 0.3 is 0 Å². The Morgan fingerprint density at radius 2 is 1.86 bits per heavy atom. The highest BCUT2D eigenvalue weighted by atomic mass is 16.5. The average molecular weight is 289 g/mol. The van der Waals surface area contributed by atoms with Crippen molar-refractivity contribution in [2.75, 3.05) is 0 Å². The van der Waals surface area contributed by atoms with Crippen LogP contribution in [0.5, 0.6) is 5.75 Å². The maximum atomic E-state index is 11.8. The van der Waals surface area contributed by atoms with Crippen LogP contribution in [0.4, 0.5) is 0 Å². The minimum Gasteiger partial charge on any atom is -0.489 e. The summed E-state index contributed by atoms with van der Waals surface area (Å²) in [5.74, 6) is 1.03. The first kappa shape index (κ1) is 13.0. The smallest absolute Gasteiger partial charge is 0.163 e. The van der Waals surface area contributed by atoms with Gasteiger partial charge in [-0.15, -0.1) is 0 Å². The largest absolute Gasteiger partial charge is 0.489 e. The van der Waals surface area contributed by atoms with E-state index >= 15 is 0 Å². The van der Waals surface area contributed by atoms with Gasteiger partial charge in [0.05, 0.1) is 5.52 Å². The maximum Gasteiger partial charge on any atom is 0.163 e. The average Bonchev–Trinajstić information content (AvgIpc) is 2.95. The van der Waals surface area contributed by atoms with Crippen molar-refractivity contribution in [1.82, 2.24) is 4.98 Å². The van der Waals surface area contributed by atoms with Gasteiger partial charge in [-0.1, -0.05) is 36.4 Å². The Bertz CT molecular complexity index is 865. The lowest BCUT2D eigenvalue weighted by Gasteiger charge is -2.11. The van der Waals surface area contributed by atoms with Crippen LogP contribution in [0.2, 0.25) is 0 Å². The summed E-state index contributed by atoms with van der Waals surface area (Å²) in [6.45, 7) is 0.457. The van der Waals surface area contributed by atoms with Crippen molar-refractivity contribution in [2.24, 2.45) is 0 Å².